The molecule has 0 aromatic heterocycles. The van der Waals surface area contributed by atoms with Crippen molar-refractivity contribution in [1.82, 2.24) is 5.32 Å². The van der Waals surface area contributed by atoms with Crippen molar-refractivity contribution in [2.45, 2.75) is 53.4 Å². The second kappa shape index (κ2) is 7.48. The highest BCUT2D eigenvalue weighted by molar-refractivity contribution is 5.94. The van der Waals surface area contributed by atoms with Gasteiger partial charge in [0.2, 0.25) is 0 Å². The summed E-state index contributed by atoms with van der Waals surface area (Å²) in [5.74, 6) is 2.88. The summed E-state index contributed by atoms with van der Waals surface area (Å²) in [5.41, 5.74) is 7.53. The Balaban J connectivity index is 0.000000178. The van der Waals surface area contributed by atoms with Crippen molar-refractivity contribution < 1.29 is 0 Å². The Hall–Kier alpha value is -1.51. The van der Waals surface area contributed by atoms with Gasteiger partial charge in [0.15, 0.2) is 0 Å². The molecule has 1 heterocycles. The van der Waals surface area contributed by atoms with Crippen molar-refractivity contribution in [2.24, 2.45) is 28.0 Å². The van der Waals surface area contributed by atoms with Crippen LogP contribution in [0.3, 0.4) is 0 Å². The molecule has 1 aliphatic heterocycles. The van der Waals surface area contributed by atoms with E-state index in [9.17, 15) is 0 Å². The molecule has 2 fully saturated rings. The summed E-state index contributed by atoms with van der Waals surface area (Å²) in [6.45, 7) is 15.6. The van der Waals surface area contributed by atoms with Crippen molar-refractivity contribution in [3.8, 4) is 0 Å². The van der Waals surface area contributed by atoms with Gasteiger partial charge in [-0.15, -0.1) is 0 Å². The molecule has 3 nitrogen and oxygen atoms in total. The average Bonchev–Trinajstić information content (AvgIpc) is 2.53. The molecule has 0 radical (unpaired) electrons. The third kappa shape index (κ3) is 5.07. The van der Waals surface area contributed by atoms with E-state index in [0.29, 0.717) is 0 Å². The van der Waals surface area contributed by atoms with Crippen LogP contribution in [-0.2, 0) is 0 Å². The Bertz CT molecular complexity index is 447. The average molecular weight is 289 g/mol. The molecule has 118 valence electrons. The van der Waals surface area contributed by atoms with Gasteiger partial charge in [0.1, 0.15) is 5.82 Å². The number of hydrogen-bond donors (Lipinski definition) is 2. The SMILES string of the molecule is C=C1N=C(C)C=C(C)N1.C=CN.CC1CC2CCC2(C)C1. The molecule has 3 aliphatic rings. The van der Waals surface area contributed by atoms with Crippen LogP contribution in [0, 0.1) is 17.3 Å². The minimum atomic E-state index is 0.729. The van der Waals surface area contributed by atoms with Crippen molar-refractivity contribution in [3.63, 3.8) is 0 Å². The number of aliphatic imine (C=N–C) groups is 1. The smallest absolute Gasteiger partial charge is 0.123 e. The van der Waals surface area contributed by atoms with Crippen LogP contribution in [0.15, 0.2) is 41.9 Å². The lowest BCUT2D eigenvalue weighted by molar-refractivity contribution is 0.0877. The maximum atomic E-state index is 4.61. The molecule has 2 saturated carbocycles. The molecule has 3 N–H and O–H groups in total. The summed E-state index contributed by atoms with van der Waals surface area (Å²) in [7, 11) is 0. The molecule has 3 rings (SSSR count). The van der Waals surface area contributed by atoms with Crippen LogP contribution in [0.5, 0.6) is 0 Å². The minimum absolute atomic E-state index is 0.729. The summed E-state index contributed by atoms with van der Waals surface area (Å²) in [6.07, 6.45) is 9.31. The molecular weight excluding hydrogens is 258 g/mol. The first-order chi connectivity index (χ1) is 9.80. The number of hydrogen-bond acceptors (Lipinski definition) is 3. The molecule has 2 aliphatic carbocycles. The summed E-state index contributed by atoms with van der Waals surface area (Å²) >= 11 is 0. The maximum Gasteiger partial charge on any atom is 0.123 e. The second-order valence-electron chi connectivity index (χ2n) is 6.82. The lowest BCUT2D eigenvalue weighted by Gasteiger charge is -2.42. The standard InChI is InChI=1S/C9H16.C7H10N2.C2H5N/c1-7-5-8-3-4-9(8,2)6-7;1-5-4-6(2)9-7(3)8-5;1-2-3/h7-8H,3-6H2,1-2H3;4,8H,3H2,1-2H3;2H,1,3H2. The zero-order valence-corrected chi connectivity index (χ0v) is 14.1. The fourth-order valence-corrected chi connectivity index (χ4v) is 3.73. The summed E-state index contributed by atoms with van der Waals surface area (Å²) in [6, 6.07) is 0. The highest BCUT2D eigenvalue weighted by Crippen LogP contribution is 2.58. The molecule has 0 spiro atoms. The van der Waals surface area contributed by atoms with E-state index in [1.54, 1.807) is 0 Å². The molecule has 3 atom stereocenters. The number of nitrogens with zero attached hydrogens (tertiary/aromatic N) is 1. The van der Waals surface area contributed by atoms with E-state index >= 15 is 0 Å². The van der Waals surface area contributed by atoms with Gasteiger partial charge in [0, 0.05) is 11.4 Å². The van der Waals surface area contributed by atoms with Crippen LogP contribution in [0.1, 0.15) is 53.4 Å². The molecule has 0 aromatic carbocycles. The molecular formula is C18H31N3. The van der Waals surface area contributed by atoms with Crippen molar-refractivity contribution >= 4 is 5.71 Å². The number of rotatable bonds is 0. The lowest BCUT2D eigenvalue weighted by Crippen LogP contribution is -2.31. The lowest BCUT2D eigenvalue weighted by atomic mass is 9.63. The van der Waals surface area contributed by atoms with E-state index in [2.05, 4.69) is 43.0 Å². The number of fused-ring (bicyclic) bond motifs is 1. The predicted molar refractivity (Wildman–Crippen MR) is 92.8 cm³/mol. The van der Waals surface area contributed by atoms with Gasteiger partial charge in [-0.1, -0.05) is 27.0 Å². The first-order valence-corrected chi connectivity index (χ1v) is 7.83. The predicted octanol–water partition coefficient (Wildman–Crippen LogP) is 4.35. The Morgan fingerprint density at radius 1 is 1.48 bits per heavy atom. The summed E-state index contributed by atoms with van der Waals surface area (Å²) in [5, 5.41) is 2.99. The van der Waals surface area contributed by atoms with Gasteiger partial charge in [0.25, 0.3) is 0 Å². The molecule has 0 amide bonds. The zero-order valence-electron chi connectivity index (χ0n) is 14.1. The third-order valence-corrected chi connectivity index (χ3v) is 4.63. The Kier molecular flexibility index (Phi) is 6.25. The van der Waals surface area contributed by atoms with Crippen molar-refractivity contribution in [1.29, 1.82) is 0 Å². The highest BCUT2D eigenvalue weighted by atomic mass is 15.0. The Labute approximate surface area is 130 Å². The minimum Gasteiger partial charge on any atom is -0.405 e. The van der Waals surface area contributed by atoms with Crippen LogP contribution < -0.4 is 11.1 Å². The maximum absolute atomic E-state index is 4.61. The first kappa shape index (κ1) is 17.5. The second-order valence-corrected chi connectivity index (χ2v) is 6.82. The molecule has 0 saturated heterocycles. The number of nitrogens with one attached hydrogen (secondary N) is 1. The van der Waals surface area contributed by atoms with Crippen LogP contribution in [0.25, 0.3) is 0 Å². The van der Waals surface area contributed by atoms with Crippen molar-refractivity contribution in [3.05, 3.63) is 37.0 Å². The topological polar surface area (TPSA) is 50.4 Å². The summed E-state index contributed by atoms with van der Waals surface area (Å²) in [4.78, 5) is 4.07. The molecule has 3 unspecified atom stereocenters. The van der Waals surface area contributed by atoms with Crippen LogP contribution in [0.2, 0.25) is 0 Å². The van der Waals surface area contributed by atoms with E-state index in [1.807, 2.05) is 19.9 Å². The van der Waals surface area contributed by atoms with Crippen LogP contribution in [-0.4, -0.2) is 5.71 Å². The third-order valence-electron chi connectivity index (χ3n) is 4.63. The summed E-state index contributed by atoms with van der Waals surface area (Å²) < 4.78 is 0. The van der Waals surface area contributed by atoms with Crippen LogP contribution >= 0.6 is 0 Å². The van der Waals surface area contributed by atoms with Gasteiger partial charge < -0.3 is 11.1 Å². The Morgan fingerprint density at radius 2 is 2.10 bits per heavy atom. The van der Waals surface area contributed by atoms with Gasteiger partial charge in [-0.25, -0.2) is 4.99 Å². The van der Waals surface area contributed by atoms with Gasteiger partial charge in [0.05, 0.1) is 0 Å². The Morgan fingerprint density at radius 3 is 2.38 bits per heavy atom. The van der Waals surface area contributed by atoms with Crippen LogP contribution in [0.4, 0.5) is 0 Å². The zero-order chi connectivity index (χ0) is 16.0. The largest absolute Gasteiger partial charge is 0.405 e. The van der Waals surface area contributed by atoms with Gasteiger partial charge >= 0.3 is 0 Å². The molecule has 0 aromatic rings. The van der Waals surface area contributed by atoms with Gasteiger partial charge in [-0.2, -0.15) is 0 Å². The van der Waals surface area contributed by atoms with E-state index in [4.69, 9.17) is 0 Å². The van der Waals surface area contributed by atoms with Crippen molar-refractivity contribution in [2.75, 3.05) is 0 Å². The normalized spacial score (nSPS) is 32.7. The van der Waals surface area contributed by atoms with E-state index < -0.39 is 0 Å². The van der Waals surface area contributed by atoms with E-state index in [-0.39, 0.29) is 0 Å². The van der Waals surface area contributed by atoms with E-state index in [1.165, 1.54) is 31.9 Å². The van der Waals surface area contributed by atoms with E-state index in [0.717, 1.165) is 34.5 Å². The first-order valence-electron chi connectivity index (χ1n) is 7.83. The fraction of sp³-hybridized carbons (Fsp3) is 0.611. The molecule has 0 bridgehead atoms. The fourth-order valence-electron chi connectivity index (χ4n) is 3.73. The molecule has 21 heavy (non-hydrogen) atoms. The monoisotopic (exact) mass is 289 g/mol. The van der Waals surface area contributed by atoms with Gasteiger partial charge in [-0.3, -0.25) is 0 Å². The number of nitrogens with two attached hydrogens (primary N) is 1. The number of allylic oxidation sites excluding steroid dienone is 2. The quantitative estimate of drug-likeness (QED) is 0.696. The highest BCUT2D eigenvalue weighted by Gasteiger charge is 2.48. The van der Waals surface area contributed by atoms with Gasteiger partial charge in [-0.05, 0) is 69.1 Å². The molecule has 3 heteroatoms.